The number of anilines is 1. The molecule has 0 aliphatic carbocycles. The summed E-state index contributed by atoms with van der Waals surface area (Å²) in [5, 5.41) is 12.4. The van der Waals surface area contributed by atoms with Crippen LogP contribution in [0.25, 0.3) is 16.4 Å². The molecule has 4 aromatic heterocycles. The first-order chi connectivity index (χ1) is 16.8. The lowest BCUT2D eigenvalue weighted by Gasteiger charge is -2.18. The first kappa shape index (κ1) is 21.9. The number of pyridine rings is 1. The second-order valence-corrected chi connectivity index (χ2v) is 8.20. The third-order valence-corrected chi connectivity index (χ3v) is 5.79. The van der Waals surface area contributed by atoms with E-state index in [-0.39, 0.29) is 16.9 Å². The minimum absolute atomic E-state index is 0.0811. The maximum absolute atomic E-state index is 13.4. The highest BCUT2D eigenvalue weighted by Crippen LogP contribution is 2.22. The van der Waals surface area contributed by atoms with Crippen molar-refractivity contribution in [1.29, 1.82) is 0 Å². The molecule has 0 bridgehead atoms. The van der Waals surface area contributed by atoms with E-state index in [1.54, 1.807) is 43.3 Å². The summed E-state index contributed by atoms with van der Waals surface area (Å²) in [7, 11) is 3.50. The fraction of sp³-hybridized carbons (Fsp3) is 0.160. The van der Waals surface area contributed by atoms with Gasteiger partial charge in [-0.3, -0.25) is 14.3 Å². The van der Waals surface area contributed by atoms with Gasteiger partial charge in [-0.15, -0.1) is 5.10 Å². The van der Waals surface area contributed by atoms with Crippen LogP contribution in [-0.4, -0.2) is 34.9 Å². The molecule has 0 aliphatic rings. The molecule has 0 unspecified atom stereocenters. The van der Waals surface area contributed by atoms with Gasteiger partial charge in [0.25, 0.3) is 11.5 Å². The van der Waals surface area contributed by atoms with Crippen molar-refractivity contribution in [3.63, 3.8) is 0 Å². The van der Waals surface area contributed by atoms with Crippen molar-refractivity contribution in [3.05, 3.63) is 87.9 Å². The second-order valence-electron chi connectivity index (χ2n) is 8.20. The molecule has 4 heterocycles. The van der Waals surface area contributed by atoms with Gasteiger partial charge < -0.3 is 15.6 Å². The Morgan fingerprint density at radius 2 is 2.03 bits per heavy atom. The van der Waals surface area contributed by atoms with E-state index in [9.17, 15) is 9.59 Å². The third-order valence-electron chi connectivity index (χ3n) is 5.79. The largest absolute Gasteiger partial charge is 0.381 e. The predicted molar refractivity (Wildman–Crippen MR) is 132 cm³/mol. The van der Waals surface area contributed by atoms with Crippen molar-refractivity contribution in [3.8, 4) is 11.8 Å². The Morgan fingerprint density at radius 3 is 2.80 bits per heavy atom. The number of nitrogens with one attached hydrogen (secondary N) is 1. The number of aromatic nitrogens is 6. The molecule has 0 spiro atoms. The normalized spacial score (nSPS) is 11.9. The van der Waals surface area contributed by atoms with Crippen molar-refractivity contribution in [2.75, 3.05) is 5.73 Å². The van der Waals surface area contributed by atoms with E-state index in [1.165, 1.54) is 9.08 Å². The van der Waals surface area contributed by atoms with Gasteiger partial charge in [-0.1, -0.05) is 24.0 Å². The van der Waals surface area contributed by atoms with E-state index in [0.717, 1.165) is 10.9 Å². The van der Waals surface area contributed by atoms with Crippen LogP contribution in [0.4, 0.5) is 5.82 Å². The summed E-state index contributed by atoms with van der Waals surface area (Å²) in [4.78, 5) is 30.6. The number of hydrogen-bond acceptors (Lipinski definition) is 6. The SMILES string of the molecule is C[C@@H](NC(=O)c1c(N)nn2cccnc12)c1cc2cccc(C#Cc3cnn(C)c3)c2c(=O)n1C. The Labute approximate surface area is 200 Å². The summed E-state index contributed by atoms with van der Waals surface area (Å²) in [5.41, 5.74) is 8.35. The topological polar surface area (TPSA) is 125 Å². The molecule has 0 saturated heterocycles. The van der Waals surface area contributed by atoms with E-state index in [1.807, 2.05) is 37.5 Å². The zero-order chi connectivity index (χ0) is 24.7. The van der Waals surface area contributed by atoms with E-state index in [4.69, 9.17) is 5.73 Å². The molecule has 0 fully saturated rings. The van der Waals surface area contributed by atoms with Crippen LogP contribution < -0.4 is 16.6 Å². The van der Waals surface area contributed by atoms with Crippen molar-refractivity contribution >= 4 is 28.1 Å². The highest BCUT2D eigenvalue weighted by Gasteiger charge is 2.22. The molecular formula is C25H22N8O2. The molecule has 1 atom stereocenters. The summed E-state index contributed by atoms with van der Waals surface area (Å²) in [6.07, 6.45) is 6.72. The number of rotatable bonds is 3. The van der Waals surface area contributed by atoms with Crippen LogP contribution in [0.1, 0.15) is 40.1 Å². The lowest BCUT2D eigenvalue weighted by molar-refractivity contribution is 0.0941. The Bertz CT molecular complexity index is 1730. The number of nitrogens with zero attached hydrogens (tertiary/aromatic N) is 6. The fourth-order valence-corrected chi connectivity index (χ4v) is 4.08. The Balaban J connectivity index is 1.51. The minimum Gasteiger partial charge on any atom is -0.381 e. The van der Waals surface area contributed by atoms with Gasteiger partial charge >= 0.3 is 0 Å². The smallest absolute Gasteiger partial charge is 0.259 e. The maximum atomic E-state index is 13.4. The highest BCUT2D eigenvalue weighted by molar-refractivity contribution is 6.04. The number of nitrogens with two attached hydrogens (primary N) is 1. The van der Waals surface area contributed by atoms with Crippen molar-refractivity contribution < 1.29 is 4.79 Å². The molecule has 0 saturated carbocycles. The van der Waals surface area contributed by atoms with Crippen LogP contribution in [-0.2, 0) is 14.1 Å². The number of amides is 1. The number of hydrogen-bond donors (Lipinski definition) is 2. The fourth-order valence-electron chi connectivity index (χ4n) is 4.08. The van der Waals surface area contributed by atoms with E-state index in [0.29, 0.717) is 22.3 Å². The van der Waals surface area contributed by atoms with Crippen LogP contribution in [0.15, 0.2) is 59.9 Å². The summed E-state index contributed by atoms with van der Waals surface area (Å²) in [6.45, 7) is 1.81. The van der Waals surface area contributed by atoms with Gasteiger partial charge in [0, 0.05) is 43.9 Å². The lowest BCUT2D eigenvalue weighted by atomic mass is 10.0. The third kappa shape index (κ3) is 3.89. The molecule has 5 aromatic rings. The Hall–Kier alpha value is -4.91. The second kappa shape index (κ2) is 8.46. The predicted octanol–water partition coefficient (Wildman–Crippen LogP) is 1.79. The Kier molecular flexibility index (Phi) is 5.30. The lowest BCUT2D eigenvalue weighted by Crippen LogP contribution is -2.32. The first-order valence-electron chi connectivity index (χ1n) is 10.9. The van der Waals surface area contributed by atoms with Gasteiger partial charge in [-0.2, -0.15) is 5.10 Å². The number of carbonyl (C=O) groups is 1. The Morgan fingerprint density at radius 1 is 1.20 bits per heavy atom. The van der Waals surface area contributed by atoms with Crippen LogP contribution in [0.2, 0.25) is 0 Å². The molecule has 174 valence electrons. The van der Waals surface area contributed by atoms with Crippen LogP contribution in [0.3, 0.4) is 0 Å². The minimum atomic E-state index is -0.493. The standard InChI is InChI=1S/C25H22N8O2/c1-15(29-24(34)21-22(26)30-33-11-5-10-27-23(21)33)19-12-18-7-4-6-17(20(18)25(35)32(19)3)9-8-16-13-28-31(2)14-16/h4-7,10-15H,1-3H3,(H2,26,30)(H,29,34)/t15-/m1/s1. The van der Waals surface area contributed by atoms with Gasteiger partial charge in [-0.25, -0.2) is 9.50 Å². The molecule has 0 radical (unpaired) electrons. The summed E-state index contributed by atoms with van der Waals surface area (Å²) in [5.74, 6) is 5.80. The summed E-state index contributed by atoms with van der Waals surface area (Å²) in [6, 6.07) is 8.62. The quantitative estimate of drug-likeness (QED) is 0.391. The summed E-state index contributed by atoms with van der Waals surface area (Å²) >= 11 is 0. The summed E-state index contributed by atoms with van der Waals surface area (Å²) < 4.78 is 4.65. The van der Waals surface area contributed by atoms with Crippen molar-refractivity contribution in [2.45, 2.75) is 13.0 Å². The van der Waals surface area contributed by atoms with E-state index in [2.05, 4.69) is 32.3 Å². The van der Waals surface area contributed by atoms with Crippen LogP contribution >= 0.6 is 0 Å². The number of carbonyl (C=O) groups excluding carboxylic acids is 1. The maximum Gasteiger partial charge on any atom is 0.259 e. The zero-order valence-corrected chi connectivity index (χ0v) is 19.4. The molecule has 35 heavy (non-hydrogen) atoms. The van der Waals surface area contributed by atoms with Gasteiger partial charge in [-0.05, 0) is 30.5 Å². The molecule has 10 nitrogen and oxygen atoms in total. The van der Waals surface area contributed by atoms with Gasteiger partial charge in [0.1, 0.15) is 5.56 Å². The van der Waals surface area contributed by atoms with E-state index < -0.39 is 11.9 Å². The van der Waals surface area contributed by atoms with Crippen LogP contribution in [0, 0.1) is 11.8 Å². The van der Waals surface area contributed by atoms with E-state index >= 15 is 0 Å². The number of nitrogen functional groups attached to an aromatic ring is 1. The van der Waals surface area contributed by atoms with Gasteiger partial charge in [0.05, 0.1) is 23.2 Å². The molecule has 5 rings (SSSR count). The molecule has 1 amide bonds. The number of aryl methyl sites for hydroxylation is 1. The van der Waals surface area contributed by atoms with Gasteiger partial charge in [0.2, 0.25) is 0 Å². The molecule has 3 N–H and O–H groups in total. The highest BCUT2D eigenvalue weighted by atomic mass is 16.2. The number of benzene rings is 1. The average Bonchev–Trinajstić information content (AvgIpc) is 3.41. The molecule has 0 aliphatic heterocycles. The average molecular weight is 467 g/mol. The van der Waals surface area contributed by atoms with Gasteiger partial charge in [0.15, 0.2) is 11.5 Å². The molecule has 10 heteroatoms. The zero-order valence-electron chi connectivity index (χ0n) is 19.4. The molecule has 1 aromatic carbocycles. The van der Waals surface area contributed by atoms with Crippen molar-refractivity contribution in [2.24, 2.45) is 14.1 Å². The van der Waals surface area contributed by atoms with Crippen molar-refractivity contribution in [1.82, 2.24) is 34.3 Å². The monoisotopic (exact) mass is 466 g/mol. The van der Waals surface area contributed by atoms with Crippen LogP contribution in [0.5, 0.6) is 0 Å². The number of fused-ring (bicyclic) bond motifs is 2. The first-order valence-corrected chi connectivity index (χ1v) is 10.9. The molecular weight excluding hydrogens is 444 g/mol.